The summed E-state index contributed by atoms with van der Waals surface area (Å²) in [7, 11) is 2.00. The minimum Gasteiger partial charge on any atom is -0.318 e. The Bertz CT molecular complexity index is 830. The van der Waals surface area contributed by atoms with Crippen molar-refractivity contribution in [1.29, 1.82) is 0 Å². The maximum Gasteiger partial charge on any atom is 0.296 e. The van der Waals surface area contributed by atoms with E-state index in [0.29, 0.717) is 17.8 Å². The highest BCUT2D eigenvalue weighted by Crippen LogP contribution is 2.39. The molecule has 1 N–H and O–H groups in total. The molecule has 2 aromatic carbocycles. The van der Waals surface area contributed by atoms with Gasteiger partial charge in [-0.2, -0.15) is 0 Å². The first-order valence-electron chi connectivity index (χ1n) is 7.50. The summed E-state index contributed by atoms with van der Waals surface area (Å²) in [6.45, 7) is 1.48. The Morgan fingerprint density at radius 3 is 2.61 bits per heavy atom. The number of carbonyl (C=O) groups is 2. The Hall–Kier alpha value is -2.53. The van der Waals surface area contributed by atoms with Gasteiger partial charge in [-0.3, -0.25) is 9.59 Å². The minimum atomic E-state index is -0.569. The highest BCUT2D eigenvalue weighted by Gasteiger charge is 2.35. The van der Waals surface area contributed by atoms with Gasteiger partial charge in [0.15, 0.2) is 0 Å². The first-order chi connectivity index (χ1) is 11.0. The normalized spacial score (nSPS) is 20.2. The maximum atomic E-state index is 13.2. The van der Waals surface area contributed by atoms with Gasteiger partial charge in [0.25, 0.3) is 11.7 Å². The van der Waals surface area contributed by atoms with Crippen molar-refractivity contribution in [2.45, 2.75) is 12.5 Å². The summed E-state index contributed by atoms with van der Waals surface area (Å²) < 4.78 is 13.2. The molecule has 4 nitrogen and oxygen atoms in total. The minimum absolute atomic E-state index is 0.0854. The van der Waals surface area contributed by atoms with E-state index < -0.39 is 11.7 Å². The van der Waals surface area contributed by atoms with Crippen LogP contribution in [0, 0.1) is 5.82 Å². The van der Waals surface area contributed by atoms with Crippen LogP contribution in [0.1, 0.15) is 33.0 Å². The number of rotatable bonds is 1. The zero-order valence-electron chi connectivity index (χ0n) is 12.6. The third-order valence-electron chi connectivity index (χ3n) is 4.61. The number of nitrogens with zero attached hydrogens (tertiary/aromatic N) is 1. The van der Waals surface area contributed by atoms with Gasteiger partial charge in [0, 0.05) is 19.0 Å². The summed E-state index contributed by atoms with van der Waals surface area (Å²) in [6.07, 6.45) is 0. The number of hydrogen-bond donors (Lipinski definition) is 1. The molecule has 0 aliphatic carbocycles. The first kappa shape index (κ1) is 14.1. The molecule has 2 aliphatic heterocycles. The molecule has 0 fully saturated rings. The van der Waals surface area contributed by atoms with Gasteiger partial charge in [-0.1, -0.05) is 18.2 Å². The number of benzene rings is 2. The highest BCUT2D eigenvalue weighted by molar-refractivity contribution is 6.51. The van der Waals surface area contributed by atoms with E-state index in [4.69, 9.17) is 0 Å². The van der Waals surface area contributed by atoms with Crippen LogP contribution in [0.15, 0.2) is 36.4 Å². The van der Waals surface area contributed by atoms with Crippen molar-refractivity contribution in [1.82, 2.24) is 4.90 Å². The molecule has 0 bridgehead atoms. The van der Waals surface area contributed by atoms with E-state index in [9.17, 15) is 14.0 Å². The van der Waals surface area contributed by atoms with Gasteiger partial charge < -0.3 is 10.2 Å². The Morgan fingerprint density at radius 1 is 1.13 bits per heavy atom. The Balaban J connectivity index is 1.86. The summed E-state index contributed by atoms with van der Waals surface area (Å²) in [4.78, 5) is 25.7. The summed E-state index contributed by atoms with van der Waals surface area (Å²) in [5.41, 5.74) is 4.17. The zero-order valence-corrected chi connectivity index (χ0v) is 12.6. The molecule has 0 spiro atoms. The molecule has 2 heterocycles. The topological polar surface area (TPSA) is 49.4 Å². The molecule has 1 unspecified atom stereocenters. The number of carbonyl (C=O) groups excluding carboxylic acids is 2. The predicted octanol–water partition coefficient (Wildman–Crippen LogP) is 2.54. The average Bonchev–Trinajstić information content (AvgIpc) is 2.83. The lowest BCUT2D eigenvalue weighted by atomic mass is 9.83. The molecule has 0 saturated carbocycles. The number of amides is 1. The Morgan fingerprint density at radius 2 is 1.87 bits per heavy atom. The van der Waals surface area contributed by atoms with Crippen molar-refractivity contribution in [2.24, 2.45) is 0 Å². The van der Waals surface area contributed by atoms with Gasteiger partial charge in [0.05, 0.1) is 11.3 Å². The molecule has 0 saturated heterocycles. The monoisotopic (exact) mass is 310 g/mol. The van der Waals surface area contributed by atoms with Crippen molar-refractivity contribution in [3.8, 4) is 0 Å². The molecule has 1 amide bonds. The van der Waals surface area contributed by atoms with E-state index in [1.165, 1.54) is 12.1 Å². The number of halogens is 1. The third kappa shape index (κ3) is 2.16. The second-order valence-electron chi connectivity index (χ2n) is 6.14. The standard InChI is InChI=1S/C18H15FN2O2/c1-21-8-14(10-2-4-11(19)5-3-10)12-6-7-13-16(15(12)9-21)20-18(23)17(13)22/h2-7,14H,8-9H2,1H3,(H,20,22,23). The van der Waals surface area contributed by atoms with Crippen LogP contribution in [0.2, 0.25) is 0 Å². The molecule has 2 aliphatic rings. The largest absolute Gasteiger partial charge is 0.318 e. The molecule has 1 atom stereocenters. The molecule has 5 heteroatoms. The molecule has 0 aromatic heterocycles. The Labute approximate surface area is 132 Å². The number of anilines is 1. The van der Waals surface area contributed by atoms with Crippen LogP contribution >= 0.6 is 0 Å². The number of likely N-dealkylation sites (N-methyl/N-ethyl adjacent to an activating group) is 1. The van der Waals surface area contributed by atoms with Gasteiger partial charge in [-0.15, -0.1) is 0 Å². The molecule has 0 radical (unpaired) electrons. The fraction of sp³-hybridized carbons (Fsp3) is 0.222. The fourth-order valence-electron chi connectivity index (χ4n) is 3.51. The molecule has 2 aromatic rings. The number of Topliss-reactive ketones (excluding diaryl/α,β-unsaturated/α-hetero) is 1. The molecular formula is C18H15FN2O2. The smallest absolute Gasteiger partial charge is 0.296 e. The first-order valence-corrected chi connectivity index (χ1v) is 7.50. The van der Waals surface area contributed by atoms with E-state index in [2.05, 4.69) is 10.2 Å². The van der Waals surface area contributed by atoms with Crippen molar-refractivity contribution >= 4 is 17.4 Å². The van der Waals surface area contributed by atoms with Crippen LogP contribution in [0.5, 0.6) is 0 Å². The van der Waals surface area contributed by atoms with Gasteiger partial charge in [0.1, 0.15) is 5.82 Å². The molecule has 23 heavy (non-hydrogen) atoms. The van der Waals surface area contributed by atoms with E-state index in [-0.39, 0.29) is 11.7 Å². The van der Waals surface area contributed by atoms with Crippen LogP contribution in [-0.2, 0) is 11.3 Å². The Kier molecular flexibility index (Phi) is 3.06. The van der Waals surface area contributed by atoms with Crippen LogP contribution in [0.4, 0.5) is 10.1 Å². The van der Waals surface area contributed by atoms with E-state index in [1.807, 2.05) is 13.1 Å². The molecule has 4 rings (SSSR count). The number of fused-ring (bicyclic) bond motifs is 3. The van der Waals surface area contributed by atoms with E-state index in [1.54, 1.807) is 18.2 Å². The van der Waals surface area contributed by atoms with Crippen molar-refractivity contribution < 1.29 is 14.0 Å². The summed E-state index contributed by atoms with van der Waals surface area (Å²) in [6, 6.07) is 10.1. The third-order valence-corrected chi connectivity index (χ3v) is 4.61. The molecule has 116 valence electrons. The quantitative estimate of drug-likeness (QED) is 0.824. The fourth-order valence-corrected chi connectivity index (χ4v) is 3.51. The van der Waals surface area contributed by atoms with Gasteiger partial charge in [-0.05, 0) is 41.9 Å². The highest BCUT2D eigenvalue weighted by atomic mass is 19.1. The number of hydrogen-bond acceptors (Lipinski definition) is 3. The van der Waals surface area contributed by atoms with Gasteiger partial charge >= 0.3 is 0 Å². The zero-order chi connectivity index (χ0) is 16.1. The van der Waals surface area contributed by atoms with E-state index in [0.717, 1.165) is 23.2 Å². The number of nitrogens with one attached hydrogen (secondary N) is 1. The van der Waals surface area contributed by atoms with Crippen LogP contribution < -0.4 is 5.32 Å². The number of ketones is 1. The van der Waals surface area contributed by atoms with Crippen LogP contribution in [0.25, 0.3) is 0 Å². The SMILES string of the molecule is CN1Cc2c(ccc3c2NC(=O)C3=O)C(c2ccc(F)cc2)C1. The van der Waals surface area contributed by atoms with Gasteiger partial charge in [0.2, 0.25) is 0 Å². The second kappa shape index (κ2) is 4.99. The second-order valence-corrected chi connectivity index (χ2v) is 6.14. The van der Waals surface area contributed by atoms with Crippen LogP contribution in [0.3, 0.4) is 0 Å². The molecular weight excluding hydrogens is 295 g/mol. The van der Waals surface area contributed by atoms with Gasteiger partial charge in [-0.25, -0.2) is 4.39 Å². The lowest BCUT2D eigenvalue weighted by Gasteiger charge is -2.33. The van der Waals surface area contributed by atoms with Crippen molar-refractivity contribution in [3.05, 3.63) is 64.5 Å². The average molecular weight is 310 g/mol. The summed E-state index contributed by atoms with van der Waals surface area (Å²) in [5, 5.41) is 2.70. The lowest BCUT2D eigenvalue weighted by molar-refractivity contribution is -0.112. The van der Waals surface area contributed by atoms with E-state index >= 15 is 0 Å². The summed E-state index contributed by atoms with van der Waals surface area (Å²) in [5.74, 6) is -1.22. The van der Waals surface area contributed by atoms with Crippen molar-refractivity contribution in [2.75, 3.05) is 18.9 Å². The van der Waals surface area contributed by atoms with Crippen LogP contribution in [-0.4, -0.2) is 30.2 Å². The van der Waals surface area contributed by atoms with Crippen molar-refractivity contribution in [3.63, 3.8) is 0 Å². The predicted molar refractivity (Wildman–Crippen MR) is 84.0 cm³/mol. The maximum absolute atomic E-state index is 13.2. The lowest BCUT2D eigenvalue weighted by Crippen LogP contribution is -2.31. The summed E-state index contributed by atoms with van der Waals surface area (Å²) >= 11 is 0.